The maximum Gasteiger partial charge on any atom is 0.167 e. The van der Waals surface area contributed by atoms with Crippen LogP contribution in [0.15, 0.2) is 35.6 Å². The maximum absolute atomic E-state index is 5.21. The summed E-state index contributed by atoms with van der Waals surface area (Å²) in [5, 5.41) is 0. The van der Waals surface area contributed by atoms with Crippen LogP contribution in [-0.4, -0.2) is 0 Å². The molecule has 0 spiro atoms. The van der Waals surface area contributed by atoms with Gasteiger partial charge in [-0.05, 0) is 18.2 Å². The van der Waals surface area contributed by atoms with Gasteiger partial charge in [-0.3, -0.25) is 0 Å². The fraction of sp³-hybridized carbons (Fsp3) is 0.125. The zero-order valence-electron chi connectivity index (χ0n) is 4.59. The van der Waals surface area contributed by atoms with E-state index in [1.807, 2.05) is 12.2 Å². The molecule has 8 heavy (non-hydrogen) atoms. The molecular weight excluding hydrogens is 96.1 g/mol. The first-order valence-corrected chi connectivity index (χ1v) is 2.60. The van der Waals surface area contributed by atoms with Crippen molar-refractivity contribution >= 4 is 0 Å². The molecule has 0 saturated heterocycles. The van der Waals surface area contributed by atoms with Crippen LogP contribution in [0.4, 0.5) is 0 Å². The molecule has 38 valence electrons. The monoisotopic (exact) mass is 103 g/mol. The molecule has 0 radical (unpaired) electrons. The summed E-state index contributed by atoms with van der Waals surface area (Å²) in [6.45, 7) is 5.21. The molecule has 0 N–H and O–H groups in total. The third-order valence-electron chi connectivity index (χ3n) is 1.000. The van der Waals surface area contributed by atoms with Gasteiger partial charge in [0.25, 0.3) is 0 Å². The van der Waals surface area contributed by atoms with Crippen molar-refractivity contribution in [2.75, 3.05) is 0 Å². The Morgan fingerprint density at radius 2 is 2.62 bits per heavy atom. The molecule has 0 aliphatic heterocycles. The van der Waals surface area contributed by atoms with Gasteiger partial charge in [-0.1, -0.05) is 6.08 Å². The van der Waals surface area contributed by atoms with E-state index in [1.165, 1.54) is 0 Å². The predicted molar refractivity (Wildman–Crippen MR) is 34.2 cm³/mol. The Balaban J connectivity index is 2.90. The van der Waals surface area contributed by atoms with Gasteiger partial charge >= 0.3 is 0 Å². The van der Waals surface area contributed by atoms with Gasteiger partial charge in [0.05, 0.1) is 6.58 Å². The summed E-state index contributed by atoms with van der Waals surface area (Å²) in [6, 6.07) is 0. The van der Waals surface area contributed by atoms with Crippen molar-refractivity contribution in [3.05, 3.63) is 42.2 Å². The van der Waals surface area contributed by atoms with Gasteiger partial charge in [-0.25, -0.2) is 0 Å². The van der Waals surface area contributed by atoms with Crippen LogP contribution in [0.2, 0.25) is 0 Å². The lowest BCUT2D eigenvalue weighted by Gasteiger charge is -1.81. The van der Waals surface area contributed by atoms with E-state index < -0.39 is 0 Å². The van der Waals surface area contributed by atoms with E-state index in [4.69, 9.17) is 6.58 Å². The highest BCUT2D eigenvalue weighted by Crippen LogP contribution is 2.01. The summed E-state index contributed by atoms with van der Waals surface area (Å²) < 4.78 is 0. The van der Waals surface area contributed by atoms with Crippen molar-refractivity contribution in [3.8, 4) is 0 Å². The maximum atomic E-state index is 5.21. The normalized spacial score (nSPS) is 15.6. The first-order chi connectivity index (χ1) is 3.93. The molecule has 0 fully saturated rings. The molecule has 0 atom stereocenters. The Morgan fingerprint density at radius 1 is 1.75 bits per heavy atom. The molecule has 0 bridgehead atoms. The van der Waals surface area contributed by atoms with Crippen molar-refractivity contribution < 1.29 is 0 Å². The molecule has 0 aromatic rings. The van der Waals surface area contributed by atoms with Crippen LogP contribution in [0.25, 0.3) is 0 Å². The van der Waals surface area contributed by atoms with Crippen molar-refractivity contribution in [1.29, 1.82) is 0 Å². The van der Waals surface area contributed by atoms with Crippen LogP contribution < -0.4 is 0 Å². The fourth-order valence-electron chi connectivity index (χ4n) is 0.592. The van der Waals surface area contributed by atoms with Crippen LogP contribution in [0.1, 0.15) is 6.42 Å². The third-order valence-corrected chi connectivity index (χ3v) is 1.000. The van der Waals surface area contributed by atoms with E-state index in [2.05, 4.69) is 11.8 Å². The average Bonchev–Trinajstić information content (AvgIpc) is 1.90. The van der Waals surface area contributed by atoms with Crippen LogP contribution in [0, 0.1) is 6.58 Å². The minimum Gasteiger partial charge on any atom is -0.0584 e. The van der Waals surface area contributed by atoms with E-state index in [1.54, 1.807) is 6.08 Å². The standard InChI is InChI=1S/C8H7/c1-2-8-6-4-3-5-7-8/h1-2,4-6H,3H2/q+1. The van der Waals surface area contributed by atoms with Gasteiger partial charge in [0, 0.05) is 6.08 Å². The predicted octanol–water partition coefficient (Wildman–Crippen LogP) is 2.02. The lowest BCUT2D eigenvalue weighted by molar-refractivity contribution is 1.36. The van der Waals surface area contributed by atoms with Gasteiger partial charge < -0.3 is 0 Å². The summed E-state index contributed by atoms with van der Waals surface area (Å²) >= 11 is 0. The van der Waals surface area contributed by atoms with Gasteiger partial charge in [-0.15, -0.1) is 0 Å². The second kappa shape index (κ2) is 2.28. The number of allylic oxidation sites excluding steroid dienone is 4. The van der Waals surface area contributed by atoms with Crippen molar-refractivity contribution in [1.82, 2.24) is 0 Å². The highest BCUT2D eigenvalue weighted by molar-refractivity contribution is 5.30. The number of rotatable bonds is 1. The first-order valence-electron chi connectivity index (χ1n) is 2.60. The van der Waals surface area contributed by atoms with Crippen molar-refractivity contribution in [3.63, 3.8) is 0 Å². The van der Waals surface area contributed by atoms with E-state index in [0.29, 0.717) is 0 Å². The van der Waals surface area contributed by atoms with Crippen molar-refractivity contribution in [2.45, 2.75) is 6.42 Å². The molecule has 0 unspecified atom stereocenters. The molecular formula is C8H7+. The van der Waals surface area contributed by atoms with E-state index >= 15 is 0 Å². The molecule has 0 aromatic carbocycles. The largest absolute Gasteiger partial charge is 0.167 e. The van der Waals surface area contributed by atoms with E-state index in [9.17, 15) is 0 Å². The average molecular weight is 103 g/mol. The molecule has 0 heterocycles. The molecule has 0 saturated carbocycles. The van der Waals surface area contributed by atoms with Crippen LogP contribution in [0.5, 0.6) is 0 Å². The molecule has 0 aromatic heterocycles. The fourth-order valence-corrected chi connectivity index (χ4v) is 0.592. The third kappa shape index (κ3) is 0.946. The summed E-state index contributed by atoms with van der Waals surface area (Å²) in [5.41, 5.74) is 3.96. The Hall–Kier alpha value is -1.09. The van der Waals surface area contributed by atoms with E-state index in [-0.39, 0.29) is 0 Å². The van der Waals surface area contributed by atoms with Crippen LogP contribution >= 0.6 is 0 Å². The zero-order valence-corrected chi connectivity index (χ0v) is 4.59. The summed E-state index contributed by atoms with van der Waals surface area (Å²) in [6.07, 6.45) is 8.50. The summed E-state index contributed by atoms with van der Waals surface area (Å²) in [5.74, 6) is 0. The second-order valence-corrected chi connectivity index (χ2v) is 1.61. The second-order valence-electron chi connectivity index (χ2n) is 1.61. The quantitative estimate of drug-likeness (QED) is 0.352. The minimum atomic E-state index is 0.969. The van der Waals surface area contributed by atoms with Gasteiger partial charge in [0.2, 0.25) is 0 Å². The Labute approximate surface area is 49.5 Å². The smallest absolute Gasteiger partial charge is 0.0584 e. The Bertz CT molecular complexity index is 176. The lowest BCUT2D eigenvalue weighted by Crippen LogP contribution is -1.70. The zero-order chi connectivity index (χ0) is 5.82. The Kier molecular flexibility index (Phi) is 1.44. The highest BCUT2D eigenvalue weighted by atomic mass is 13.9. The van der Waals surface area contributed by atoms with Gasteiger partial charge in [0.15, 0.2) is 11.6 Å². The molecule has 1 aliphatic rings. The van der Waals surface area contributed by atoms with Gasteiger partial charge in [-0.2, -0.15) is 0 Å². The molecule has 0 heteroatoms. The first kappa shape index (κ1) is 5.05. The number of hydrogen-bond donors (Lipinski definition) is 0. The van der Waals surface area contributed by atoms with E-state index in [0.717, 1.165) is 12.0 Å². The van der Waals surface area contributed by atoms with Crippen LogP contribution in [0.3, 0.4) is 0 Å². The van der Waals surface area contributed by atoms with Crippen LogP contribution in [-0.2, 0) is 0 Å². The van der Waals surface area contributed by atoms with Gasteiger partial charge in [0.1, 0.15) is 0 Å². The topological polar surface area (TPSA) is 0 Å². The Morgan fingerprint density at radius 3 is 3.00 bits per heavy atom. The molecule has 0 nitrogen and oxygen atoms in total. The minimum absolute atomic E-state index is 0.969. The summed E-state index contributed by atoms with van der Waals surface area (Å²) in [4.78, 5) is 0. The SMILES string of the molecule is [CH+]=CC1=C=CCC=C1. The lowest BCUT2D eigenvalue weighted by atomic mass is 10.2. The number of hydrogen-bond acceptors (Lipinski definition) is 0. The summed E-state index contributed by atoms with van der Waals surface area (Å²) in [7, 11) is 0. The molecule has 1 rings (SSSR count). The van der Waals surface area contributed by atoms with Crippen molar-refractivity contribution in [2.24, 2.45) is 0 Å². The molecule has 0 amide bonds. The highest BCUT2D eigenvalue weighted by Gasteiger charge is 1.93. The molecule has 1 aliphatic carbocycles.